The molecule has 2 N–H and O–H groups in total. The molecule has 2 aliphatic heterocycles. The van der Waals surface area contributed by atoms with E-state index >= 15 is 0 Å². The summed E-state index contributed by atoms with van der Waals surface area (Å²) in [5.41, 5.74) is 1.76. The molecule has 5 rings (SSSR count). The number of fused-ring (bicyclic) bond motifs is 1. The lowest BCUT2D eigenvalue weighted by atomic mass is 10.1. The van der Waals surface area contributed by atoms with Crippen LogP contribution >= 0.6 is 0 Å². The van der Waals surface area contributed by atoms with Crippen LogP contribution in [-0.4, -0.2) is 72.8 Å². The van der Waals surface area contributed by atoms with E-state index in [1.807, 2.05) is 36.1 Å². The highest BCUT2D eigenvalue weighted by molar-refractivity contribution is 6.11. The molecule has 2 fully saturated rings. The molecular weight excluding hydrogens is 510 g/mol. The number of likely N-dealkylation sites (tertiary alicyclic amines) is 2. The second-order valence-corrected chi connectivity index (χ2v) is 10.2. The SMILES string of the molecule is COc1ccccc1C(=O)NC(=NC1CCCCN(CC(=O)N2CCCC2)C1=O)Nc1ccc2oc(C)cc2c1. The van der Waals surface area contributed by atoms with E-state index in [4.69, 9.17) is 14.1 Å². The van der Waals surface area contributed by atoms with Crippen LogP contribution in [0.2, 0.25) is 0 Å². The van der Waals surface area contributed by atoms with Gasteiger partial charge < -0.3 is 24.3 Å². The van der Waals surface area contributed by atoms with Gasteiger partial charge in [-0.15, -0.1) is 0 Å². The molecule has 3 amide bonds. The molecule has 2 aromatic carbocycles. The average molecular weight is 546 g/mol. The lowest BCUT2D eigenvalue weighted by molar-refractivity contribution is -0.140. The second-order valence-electron chi connectivity index (χ2n) is 10.2. The third-order valence-corrected chi connectivity index (χ3v) is 7.31. The minimum Gasteiger partial charge on any atom is -0.496 e. The fraction of sp³-hybridized carbons (Fsp3) is 0.400. The monoisotopic (exact) mass is 545 g/mol. The fourth-order valence-electron chi connectivity index (χ4n) is 5.24. The van der Waals surface area contributed by atoms with E-state index in [9.17, 15) is 14.4 Å². The molecular formula is C30H35N5O5. The molecule has 0 saturated carbocycles. The van der Waals surface area contributed by atoms with Gasteiger partial charge in [-0.1, -0.05) is 12.1 Å². The smallest absolute Gasteiger partial charge is 0.261 e. The van der Waals surface area contributed by atoms with Crippen LogP contribution in [0.3, 0.4) is 0 Å². The molecule has 1 atom stereocenters. The summed E-state index contributed by atoms with van der Waals surface area (Å²) in [7, 11) is 1.50. The van der Waals surface area contributed by atoms with Crippen LogP contribution in [-0.2, 0) is 9.59 Å². The highest BCUT2D eigenvalue weighted by Crippen LogP contribution is 2.23. The number of furan rings is 1. The summed E-state index contributed by atoms with van der Waals surface area (Å²) in [6.07, 6.45) is 4.08. The molecule has 2 aliphatic rings. The number of hydrogen-bond donors (Lipinski definition) is 2. The maximum Gasteiger partial charge on any atom is 0.261 e. The highest BCUT2D eigenvalue weighted by Gasteiger charge is 2.30. The van der Waals surface area contributed by atoms with Gasteiger partial charge >= 0.3 is 0 Å². The zero-order valence-corrected chi connectivity index (χ0v) is 22.9. The van der Waals surface area contributed by atoms with Gasteiger partial charge in [0.1, 0.15) is 23.1 Å². The Balaban J connectivity index is 1.41. The minimum atomic E-state index is -0.741. The van der Waals surface area contributed by atoms with E-state index in [0.29, 0.717) is 30.0 Å². The van der Waals surface area contributed by atoms with Crippen molar-refractivity contribution >= 4 is 40.3 Å². The zero-order chi connectivity index (χ0) is 28.1. The second kappa shape index (κ2) is 12.2. The predicted octanol–water partition coefficient (Wildman–Crippen LogP) is 3.95. The fourth-order valence-corrected chi connectivity index (χ4v) is 5.24. The Kier molecular flexibility index (Phi) is 8.33. The van der Waals surface area contributed by atoms with Gasteiger partial charge in [-0.05, 0) is 75.4 Å². The number of amides is 3. The zero-order valence-electron chi connectivity index (χ0n) is 22.9. The Bertz CT molecular complexity index is 1420. The molecule has 1 unspecified atom stereocenters. The van der Waals surface area contributed by atoms with Crippen molar-refractivity contribution in [1.82, 2.24) is 15.1 Å². The van der Waals surface area contributed by atoms with E-state index in [1.165, 1.54) is 7.11 Å². The largest absolute Gasteiger partial charge is 0.496 e. The molecule has 0 aliphatic carbocycles. The van der Waals surface area contributed by atoms with Crippen LogP contribution in [0.15, 0.2) is 57.9 Å². The normalized spacial score (nSPS) is 18.1. The lowest BCUT2D eigenvalue weighted by Gasteiger charge is -2.25. The van der Waals surface area contributed by atoms with Crippen LogP contribution < -0.4 is 15.4 Å². The van der Waals surface area contributed by atoms with E-state index < -0.39 is 11.9 Å². The van der Waals surface area contributed by atoms with Crippen molar-refractivity contribution in [2.75, 3.05) is 38.6 Å². The van der Waals surface area contributed by atoms with Crippen LogP contribution in [0.25, 0.3) is 11.0 Å². The first kappa shape index (κ1) is 27.2. The number of ether oxygens (including phenoxy) is 1. The molecule has 40 heavy (non-hydrogen) atoms. The quantitative estimate of drug-likeness (QED) is 0.358. The summed E-state index contributed by atoms with van der Waals surface area (Å²) < 4.78 is 11.0. The van der Waals surface area contributed by atoms with Gasteiger partial charge in [0.15, 0.2) is 0 Å². The predicted molar refractivity (Wildman–Crippen MR) is 153 cm³/mol. The number of hydrogen-bond acceptors (Lipinski definition) is 6. The summed E-state index contributed by atoms with van der Waals surface area (Å²) in [5.74, 6) is 0.691. The molecule has 3 aromatic rings. The number of nitrogens with one attached hydrogen (secondary N) is 2. The number of rotatable bonds is 6. The Morgan fingerprint density at radius 2 is 1.82 bits per heavy atom. The first-order valence-electron chi connectivity index (χ1n) is 13.8. The topological polar surface area (TPSA) is 116 Å². The summed E-state index contributed by atoms with van der Waals surface area (Å²) >= 11 is 0. The first-order valence-corrected chi connectivity index (χ1v) is 13.8. The lowest BCUT2D eigenvalue weighted by Crippen LogP contribution is -2.45. The molecule has 2 saturated heterocycles. The van der Waals surface area contributed by atoms with Gasteiger partial charge in [-0.3, -0.25) is 19.7 Å². The van der Waals surface area contributed by atoms with E-state index in [-0.39, 0.29) is 24.3 Å². The molecule has 0 spiro atoms. The Morgan fingerprint density at radius 1 is 1.05 bits per heavy atom. The average Bonchev–Trinajstić information content (AvgIpc) is 3.59. The van der Waals surface area contributed by atoms with Crippen molar-refractivity contribution in [3.8, 4) is 5.75 Å². The van der Waals surface area contributed by atoms with Crippen molar-refractivity contribution < 1.29 is 23.5 Å². The summed E-state index contributed by atoms with van der Waals surface area (Å²) in [5, 5.41) is 6.94. The van der Waals surface area contributed by atoms with E-state index in [0.717, 1.165) is 55.5 Å². The third-order valence-electron chi connectivity index (χ3n) is 7.31. The third kappa shape index (κ3) is 6.27. The molecule has 0 radical (unpaired) electrons. The van der Waals surface area contributed by atoms with Crippen molar-refractivity contribution in [2.24, 2.45) is 4.99 Å². The first-order chi connectivity index (χ1) is 19.4. The maximum absolute atomic E-state index is 13.6. The van der Waals surface area contributed by atoms with Gasteiger partial charge in [-0.25, -0.2) is 4.99 Å². The number of carbonyl (C=O) groups excluding carboxylic acids is 3. The number of guanidine groups is 1. The molecule has 10 nitrogen and oxygen atoms in total. The van der Waals surface area contributed by atoms with Crippen molar-refractivity contribution in [3.05, 3.63) is 59.9 Å². The maximum atomic E-state index is 13.6. The minimum absolute atomic E-state index is 0.0259. The van der Waals surface area contributed by atoms with Crippen LogP contribution in [0.1, 0.15) is 48.2 Å². The summed E-state index contributed by atoms with van der Waals surface area (Å²) in [6, 6.07) is 13.6. The Hall–Kier alpha value is -4.34. The van der Waals surface area contributed by atoms with Gasteiger partial charge in [0.2, 0.25) is 17.8 Å². The Morgan fingerprint density at radius 3 is 2.62 bits per heavy atom. The number of para-hydroxylation sites is 1. The molecule has 10 heteroatoms. The van der Waals surface area contributed by atoms with Gasteiger partial charge in [0.05, 0.1) is 19.2 Å². The molecule has 1 aromatic heterocycles. The number of nitrogens with zero attached hydrogens (tertiary/aromatic N) is 3. The van der Waals surface area contributed by atoms with Gasteiger partial charge in [0.25, 0.3) is 5.91 Å². The summed E-state index contributed by atoms with van der Waals surface area (Å²) in [6.45, 7) is 3.93. The number of aryl methyl sites for hydroxylation is 1. The number of anilines is 1. The van der Waals surface area contributed by atoms with Crippen LogP contribution in [0.5, 0.6) is 5.75 Å². The van der Waals surface area contributed by atoms with Crippen LogP contribution in [0.4, 0.5) is 5.69 Å². The molecule has 0 bridgehead atoms. The Labute approximate surface area is 233 Å². The van der Waals surface area contributed by atoms with E-state index in [2.05, 4.69) is 10.6 Å². The highest BCUT2D eigenvalue weighted by atomic mass is 16.5. The van der Waals surface area contributed by atoms with Gasteiger partial charge in [0, 0.05) is 30.7 Å². The van der Waals surface area contributed by atoms with Crippen molar-refractivity contribution in [1.29, 1.82) is 0 Å². The standard InChI is InChI=1S/C30H35N5O5/c1-20-17-21-18-22(12-13-25(21)40-20)31-30(33-28(37)23-9-3-4-11-26(23)39-2)32-24-10-5-6-16-35(29(24)38)19-27(36)34-14-7-8-15-34/h3-4,9,11-13,17-18,24H,5-8,10,14-16,19H2,1-2H3,(H2,31,32,33,37). The number of benzene rings is 2. The van der Waals surface area contributed by atoms with Crippen molar-refractivity contribution in [3.63, 3.8) is 0 Å². The van der Waals surface area contributed by atoms with Crippen molar-refractivity contribution in [2.45, 2.75) is 45.1 Å². The number of aliphatic imine (C=N–C) groups is 1. The van der Waals surface area contributed by atoms with Gasteiger partial charge in [-0.2, -0.15) is 0 Å². The molecule has 3 heterocycles. The number of methoxy groups -OCH3 is 1. The summed E-state index contributed by atoms with van der Waals surface area (Å²) in [4.78, 5) is 47.9. The molecule has 210 valence electrons. The van der Waals surface area contributed by atoms with E-state index in [1.54, 1.807) is 29.2 Å². The number of carbonyl (C=O) groups is 3. The van der Waals surface area contributed by atoms with Crippen LogP contribution in [0, 0.1) is 6.92 Å².